The van der Waals surface area contributed by atoms with E-state index in [2.05, 4.69) is 25.4 Å². The highest BCUT2D eigenvalue weighted by atomic mass is 32.1. The summed E-state index contributed by atoms with van der Waals surface area (Å²) in [7, 11) is 0. The standard InChI is InChI=1S/C34H29FN6O4S/c35-23-5-8-25-27(17-23)41(13-9-22-16-28(46-29(22)25)32-39-37-20-45-32)33(43)21-3-6-24(7-4-21)38-31(42)26-2-1-12-36-30(26)40-18-34(19-40)10-14-44-15-11-34/h1-8,12,16-17,20H,9-11,13-15,18-19H2,(H,38,42). The van der Waals surface area contributed by atoms with Gasteiger partial charge < -0.3 is 24.3 Å². The molecule has 0 aliphatic carbocycles. The average Bonchev–Trinajstić information content (AvgIpc) is 3.73. The van der Waals surface area contributed by atoms with Crippen molar-refractivity contribution in [2.75, 3.05) is 48.0 Å². The maximum atomic E-state index is 14.6. The summed E-state index contributed by atoms with van der Waals surface area (Å²) in [5.74, 6) is 0.145. The van der Waals surface area contributed by atoms with Gasteiger partial charge in [-0.05, 0) is 85.5 Å². The minimum Gasteiger partial charge on any atom is -0.423 e. The van der Waals surface area contributed by atoms with E-state index in [0.29, 0.717) is 47.2 Å². The normalized spacial score (nSPS) is 16.7. The fourth-order valence-corrected chi connectivity index (χ4v) is 7.79. The quantitative estimate of drug-likeness (QED) is 0.247. The molecule has 46 heavy (non-hydrogen) atoms. The van der Waals surface area contributed by atoms with E-state index in [1.54, 1.807) is 53.6 Å². The zero-order chi connectivity index (χ0) is 31.3. The largest absolute Gasteiger partial charge is 0.423 e. The maximum Gasteiger partial charge on any atom is 0.259 e. The van der Waals surface area contributed by atoms with Gasteiger partial charge in [0.2, 0.25) is 6.39 Å². The molecule has 0 saturated carbocycles. The van der Waals surface area contributed by atoms with Crippen molar-refractivity contribution in [1.29, 1.82) is 0 Å². The molecule has 2 saturated heterocycles. The van der Waals surface area contributed by atoms with Crippen LogP contribution in [0.3, 0.4) is 0 Å². The van der Waals surface area contributed by atoms with E-state index < -0.39 is 5.82 Å². The maximum absolute atomic E-state index is 14.6. The van der Waals surface area contributed by atoms with E-state index in [0.717, 1.165) is 60.0 Å². The molecule has 3 aliphatic rings. The summed E-state index contributed by atoms with van der Waals surface area (Å²) in [5.41, 5.74) is 4.01. The van der Waals surface area contributed by atoms with Gasteiger partial charge >= 0.3 is 0 Å². The van der Waals surface area contributed by atoms with Gasteiger partial charge in [0.05, 0.1) is 16.1 Å². The molecule has 10 nitrogen and oxygen atoms in total. The van der Waals surface area contributed by atoms with Gasteiger partial charge in [-0.15, -0.1) is 21.5 Å². The van der Waals surface area contributed by atoms with Crippen molar-refractivity contribution in [3.63, 3.8) is 0 Å². The molecule has 232 valence electrons. The zero-order valence-electron chi connectivity index (χ0n) is 24.7. The lowest BCUT2D eigenvalue weighted by atomic mass is 9.73. The third-order valence-electron chi connectivity index (χ3n) is 9.05. The predicted molar refractivity (Wildman–Crippen MR) is 172 cm³/mol. The van der Waals surface area contributed by atoms with Crippen LogP contribution in [0.1, 0.15) is 39.1 Å². The molecule has 8 rings (SSSR count). The van der Waals surface area contributed by atoms with Crippen LogP contribution in [0.5, 0.6) is 0 Å². The number of benzene rings is 2. The highest BCUT2D eigenvalue weighted by Crippen LogP contribution is 2.45. The predicted octanol–water partition coefficient (Wildman–Crippen LogP) is 6.07. The van der Waals surface area contributed by atoms with E-state index in [9.17, 15) is 14.0 Å². The number of hydrogen-bond donors (Lipinski definition) is 1. The molecule has 6 heterocycles. The molecule has 1 N–H and O–H groups in total. The highest BCUT2D eigenvalue weighted by molar-refractivity contribution is 7.19. The molecule has 3 aromatic heterocycles. The van der Waals surface area contributed by atoms with E-state index in [4.69, 9.17) is 9.15 Å². The number of pyridine rings is 1. The van der Waals surface area contributed by atoms with E-state index in [1.165, 1.54) is 29.9 Å². The molecule has 3 aliphatic heterocycles. The number of carbonyl (C=O) groups is 2. The lowest BCUT2D eigenvalue weighted by molar-refractivity contribution is -0.000509. The summed E-state index contributed by atoms with van der Waals surface area (Å²) in [6.45, 7) is 3.64. The Morgan fingerprint density at radius 3 is 2.63 bits per heavy atom. The molecule has 0 bridgehead atoms. The molecule has 0 radical (unpaired) electrons. The Bertz CT molecular complexity index is 1930. The lowest BCUT2D eigenvalue weighted by Gasteiger charge is -2.53. The average molecular weight is 637 g/mol. The summed E-state index contributed by atoms with van der Waals surface area (Å²) >= 11 is 1.47. The van der Waals surface area contributed by atoms with Crippen molar-refractivity contribution in [3.8, 4) is 21.2 Å². The van der Waals surface area contributed by atoms with Gasteiger partial charge in [-0.1, -0.05) is 0 Å². The second kappa shape index (κ2) is 11.5. The summed E-state index contributed by atoms with van der Waals surface area (Å²) in [6, 6.07) is 16.8. The van der Waals surface area contributed by atoms with Gasteiger partial charge in [0.15, 0.2) is 0 Å². The molecule has 0 unspecified atom stereocenters. The Labute approximate surface area is 267 Å². The number of hydrogen-bond acceptors (Lipinski definition) is 9. The van der Waals surface area contributed by atoms with Crippen molar-refractivity contribution < 1.29 is 23.1 Å². The molecular weight excluding hydrogens is 607 g/mol. The first-order valence-corrected chi connectivity index (χ1v) is 16.0. The van der Waals surface area contributed by atoms with Gasteiger partial charge in [0, 0.05) is 66.2 Å². The minimum absolute atomic E-state index is 0.245. The molecule has 2 fully saturated rings. The van der Waals surface area contributed by atoms with Gasteiger partial charge in [-0.2, -0.15) is 0 Å². The molecular formula is C34H29FN6O4S. The number of amides is 2. The van der Waals surface area contributed by atoms with Crippen LogP contribution in [0.15, 0.2) is 77.7 Å². The Balaban J connectivity index is 0.997. The van der Waals surface area contributed by atoms with Gasteiger partial charge in [-0.3, -0.25) is 9.59 Å². The Kier molecular flexibility index (Phi) is 7.10. The molecule has 0 atom stereocenters. The Morgan fingerprint density at radius 2 is 1.85 bits per heavy atom. The van der Waals surface area contributed by atoms with Crippen LogP contribution in [0.25, 0.3) is 21.2 Å². The number of fused-ring (bicyclic) bond motifs is 3. The number of nitrogens with zero attached hydrogens (tertiary/aromatic N) is 5. The van der Waals surface area contributed by atoms with Gasteiger partial charge in [-0.25, -0.2) is 9.37 Å². The van der Waals surface area contributed by atoms with Crippen molar-refractivity contribution >= 4 is 40.3 Å². The number of nitrogens with one attached hydrogen (secondary N) is 1. The second-order valence-electron chi connectivity index (χ2n) is 12.0. The number of ether oxygens (including phenoxy) is 1. The fourth-order valence-electron chi connectivity index (χ4n) is 6.62. The fraction of sp³-hybridized carbons (Fsp3) is 0.265. The molecule has 1 spiro atoms. The smallest absolute Gasteiger partial charge is 0.259 e. The van der Waals surface area contributed by atoms with Crippen molar-refractivity contribution in [1.82, 2.24) is 15.2 Å². The van der Waals surface area contributed by atoms with Crippen LogP contribution in [-0.2, 0) is 11.2 Å². The van der Waals surface area contributed by atoms with Crippen LogP contribution in [-0.4, -0.2) is 59.8 Å². The first kappa shape index (κ1) is 28.5. The number of rotatable bonds is 5. The van der Waals surface area contributed by atoms with E-state index in [1.807, 2.05) is 6.07 Å². The van der Waals surface area contributed by atoms with Crippen LogP contribution in [0, 0.1) is 11.2 Å². The molecule has 5 aromatic rings. The number of aromatic nitrogens is 3. The van der Waals surface area contributed by atoms with E-state index in [-0.39, 0.29) is 17.2 Å². The number of anilines is 3. The topological polar surface area (TPSA) is 114 Å². The first-order valence-electron chi connectivity index (χ1n) is 15.2. The Morgan fingerprint density at radius 1 is 1.02 bits per heavy atom. The minimum atomic E-state index is -0.428. The number of halogens is 1. The van der Waals surface area contributed by atoms with Gasteiger partial charge in [0.1, 0.15) is 11.6 Å². The highest BCUT2D eigenvalue weighted by Gasteiger charge is 2.45. The number of thiophene rings is 1. The van der Waals surface area contributed by atoms with Crippen LogP contribution >= 0.6 is 11.3 Å². The van der Waals surface area contributed by atoms with Crippen molar-refractivity contribution in [2.45, 2.75) is 19.3 Å². The van der Waals surface area contributed by atoms with Gasteiger partial charge in [0.25, 0.3) is 17.7 Å². The SMILES string of the molecule is O=C(Nc1ccc(C(=O)N2CCc3cc(-c4nnco4)sc3-c3ccc(F)cc32)cc1)c1cccnc1N1CC2(CCOCC2)C1. The third kappa shape index (κ3) is 5.13. The van der Waals surface area contributed by atoms with Crippen LogP contribution in [0.2, 0.25) is 0 Å². The summed E-state index contributed by atoms with van der Waals surface area (Å²) in [6.07, 6.45) is 5.61. The summed E-state index contributed by atoms with van der Waals surface area (Å²) in [5, 5.41) is 10.8. The molecule has 2 aromatic carbocycles. The lowest BCUT2D eigenvalue weighted by Crippen LogP contribution is -2.59. The van der Waals surface area contributed by atoms with Crippen molar-refractivity contribution in [2.24, 2.45) is 5.41 Å². The molecule has 2 amide bonds. The second-order valence-corrected chi connectivity index (χ2v) is 13.0. The molecule has 12 heteroatoms. The Hall–Kier alpha value is -4.94. The van der Waals surface area contributed by atoms with Crippen LogP contribution < -0.4 is 15.1 Å². The summed E-state index contributed by atoms with van der Waals surface area (Å²) in [4.78, 5) is 37.3. The van der Waals surface area contributed by atoms with E-state index >= 15 is 0 Å². The number of carbonyl (C=O) groups excluding carboxylic acids is 2. The zero-order valence-corrected chi connectivity index (χ0v) is 25.6. The third-order valence-corrected chi connectivity index (χ3v) is 10.3. The monoisotopic (exact) mass is 636 g/mol. The van der Waals surface area contributed by atoms with Crippen molar-refractivity contribution in [3.05, 3.63) is 95.8 Å². The van der Waals surface area contributed by atoms with Crippen LogP contribution in [0.4, 0.5) is 21.6 Å². The summed E-state index contributed by atoms with van der Waals surface area (Å²) < 4.78 is 25.5. The first-order chi connectivity index (χ1) is 22.5.